The van der Waals surface area contributed by atoms with Crippen LogP contribution in [-0.2, 0) is 11.2 Å². The van der Waals surface area contributed by atoms with Gasteiger partial charge in [-0.3, -0.25) is 4.79 Å². The summed E-state index contributed by atoms with van der Waals surface area (Å²) < 4.78 is 0. The van der Waals surface area contributed by atoms with Crippen molar-refractivity contribution in [3.05, 3.63) is 35.0 Å². The summed E-state index contributed by atoms with van der Waals surface area (Å²) in [6, 6.07) is 4.20. The van der Waals surface area contributed by atoms with Gasteiger partial charge in [-0.25, -0.2) is 0 Å². The lowest BCUT2D eigenvalue weighted by atomic mass is 10.0. The fourth-order valence-corrected chi connectivity index (χ4v) is 1.98. The smallest absolute Gasteiger partial charge is 0.221 e. The molecule has 0 spiro atoms. The largest absolute Gasteiger partial charge is 0.369 e. The van der Waals surface area contributed by atoms with E-state index in [0.29, 0.717) is 6.42 Å². The number of aryl methyl sites for hydroxylation is 2. The number of carbonyl (C=O) groups is 1. The highest BCUT2D eigenvalue weighted by Gasteiger charge is 2.08. The predicted octanol–water partition coefficient (Wildman–Crippen LogP) is 1.81. The third-order valence-electron chi connectivity index (χ3n) is 2.58. The lowest BCUT2D eigenvalue weighted by Gasteiger charge is -2.00. The molecule has 0 radical (unpaired) electrons. The molecule has 1 aromatic carbocycles. The third kappa shape index (κ3) is 1.73. The van der Waals surface area contributed by atoms with Gasteiger partial charge in [0.25, 0.3) is 0 Å². The number of hydrogen-bond acceptors (Lipinski definition) is 1. The van der Waals surface area contributed by atoms with E-state index in [0.717, 1.165) is 16.5 Å². The molecule has 0 saturated carbocycles. The van der Waals surface area contributed by atoms with Crippen LogP contribution < -0.4 is 5.73 Å². The standard InChI is InChI=1S/C12H14N2O/c1-7-3-8(2)12-10(4-7)9(6-14-12)5-11(13)15/h3-4,6,14H,5H2,1-2H3,(H2,13,15). The topological polar surface area (TPSA) is 58.9 Å². The third-order valence-corrected chi connectivity index (χ3v) is 2.58. The highest BCUT2D eigenvalue weighted by molar-refractivity contribution is 5.90. The number of benzene rings is 1. The maximum atomic E-state index is 10.9. The first-order valence-electron chi connectivity index (χ1n) is 4.93. The van der Waals surface area contributed by atoms with Crippen molar-refractivity contribution in [2.75, 3.05) is 0 Å². The number of primary amides is 1. The minimum Gasteiger partial charge on any atom is -0.369 e. The number of nitrogens with one attached hydrogen (secondary N) is 1. The zero-order valence-corrected chi connectivity index (χ0v) is 8.92. The summed E-state index contributed by atoms with van der Waals surface area (Å²) >= 11 is 0. The lowest BCUT2D eigenvalue weighted by molar-refractivity contribution is -0.117. The Hall–Kier alpha value is -1.77. The minimum atomic E-state index is -0.296. The summed E-state index contributed by atoms with van der Waals surface area (Å²) in [7, 11) is 0. The average Bonchev–Trinajstić information content (AvgIpc) is 2.48. The van der Waals surface area contributed by atoms with Gasteiger partial charge in [-0.05, 0) is 31.0 Å². The van der Waals surface area contributed by atoms with Gasteiger partial charge in [-0.15, -0.1) is 0 Å². The van der Waals surface area contributed by atoms with E-state index in [1.807, 2.05) is 13.1 Å². The van der Waals surface area contributed by atoms with Crippen molar-refractivity contribution in [1.29, 1.82) is 0 Å². The van der Waals surface area contributed by atoms with Crippen LogP contribution in [0.25, 0.3) is 10.9 Å². The second kappa shape index (κ2) is 3.42. The molecule has 0 aliphatic carbocycles. The van der Waals surface area contributed by atoms with Gasteiger partial charge in [0.15, 0.2) is 0 Å². The Morgan fingerprint density at radius 2 is 2.13 bits per heavy atom. The summed E-state index contributed by atoms with van der Waals surface area (Å²) in [5.74, 6) is -0.296. The summed E-state index contributed by atoms with van der Waals surface area (Å²) in [6.07, 6.45) is 2.16. The van der Waals surface area contributed by atoms with E-state index in [-0.39, 0.29) is 5.91 Å². The van der Waals surface area contributed by atoms with Gasteiger partial charge in [0.1, 0.15) is 0 Å². The van der Waals surface area contributed by atoms with Gasteiger partial charge in [0.05, 0.1) is 6.42 Å². The van der Waals surface area contributed by atoms with Crippen molar-refractivity contribution in [1.82, 2.24) is 4.98 Å². The average molecular weight is 202 g/mol. The number of carbonyl (C=O) groups excluding carboxylic acids is 1. The van der Waals surface area contributed by atoms with Crippen LogP contribution in [0.2, 0.25) is 0 Å². The first-order chi connectivity index (χ1) is 7.08. The molecule has 15 heavy (non-hydrogen) atoms. The Morgan fingerprint density at radius 1 is 1.40 bits per heavy atom. The molecule has 78 valence electrons. The molecule has 2 rings (SSSR count). The van der Waals surface area contributed by atoms with E-state index in [1.165, 1.54) is 11.1 Å². The van der Waals surface area contributed by atoms with Crippen LogP contribution in [0.5, 0.6) is 0 Å². The zero-order chi connectivity index (χ0) is 11.0. The van der Waals surface area contributed by atoms with Crippen LogP contribution >= 0.6 is 0 Å². The Balaban J connectivity index is 2.63. The second-order valence-corrected chi connectivity index (χ2v) is 3.96. The number of nitrogens with two attached hydrogens (primary N) is 1. The van der Waals surface area contributed by atoms with Gasteiger partial charge in [0, 0.05) is 17.1 Å². The second-order valence-electron chi connectivity index (χ2n) is 3.96. The molecule has 0 saturated heterocycles. The molecule has 0 aliphatic heterocycles. The first-order valence-corrected chi connectivity index (χ1v) is 4.93. The van der Waals surface area contributed by atoms with E-state index in [1.54, 1.807) is 0 Å². The van der Waals surface area contributed by atoms with Gasteiger partial charge in [0.2, 0.25) is 5.91 Å². The zero-order valence-electron chi connectivity index (χ0n) is 8.92. The molecular formula is C12H14N2O. The molecule has 3 heteroatoms. The number of hydrogen-bond donors (Lipinski definition) is 2. The number of rotatable bonds is 2. The van der Waals surface area contributed by atoms with Crippen molar-refractivity contribution < 1.29 is 4.79 Å². The fourth-order valence-electron chi connectivity index (χ4n) is 1.98. The Bertz CT molecular complexity index is 526. The maximum absolute atomic E-state index is 10.9. The summed E-state index contributed by atoms with van der Waals surface area (Å²) in [6.45, 7) is 4.10. The molecule has 0 aliphatic rings. The van der Waals surface area contributed by atoms with Crippen molar-refractivity contribution in [2.45, 2.75) is 20.3 Å². The monoisotopic (exact) mass is 202 g/mol. The molecule has 0 fully saturated rings. The Labute approximate surface area is 88.3 Å². The molecule has 1 amide bonds. The predicted molar refractivity (Wildman–Crippen MR) is 60.7 cm³/mol. The van der Waals surface area contributed by atoms with Crippen LogP contribution in [0.15, 0.2) is 18.3 Å². The summed E-state index contributed by atoms with van der Waals surface area (Å²) in [4.78, 5) is 14.1. The highest BCUT2D eigenvalue weighted by atomic mass is 16.1. The van der Waals surface area contributed by atoms with Gasteiger partial charge in [-0.1, -0.05) is 11.6 Å². The van der Waals surface area contributed by atoms with Crippen molar-refractivity contribution in [3.63, 3.8) is 0 Å². The molecule has 0 atom stereocenters. The maximum Gasteiger partial charge on any atom is 0.221 e. The van der Waals surface area contributed by atoms with E-state index in [9.17, 15) is 4.79 Å². The Morgan fingerprint density at radius 3 is 2.80 bits per heavy atom. The quantitative estimate of drug-likeness (QED) is 0.766. The minimum absolute atomic E-state index is 0.295. The molecule has 3 N–H and O–H groups in total. The number of aromatic amines is 1. The van der Waals surface area contributed by atoms with Crippen LogP contribution in [0, 0.1) is 13.8 Å². The molecule has 2 aromatic rings. The van der Waals surface area contributed by atoms with E-state index in [4.69, 9.17) is 5.73 Å². The van der Waals surface area contributed by atoms with Gasteiger partial charge < -0.3 is 10.7 Å². The van der Waals surface area contributed by atoms with Crippen LogP contribution in [0.3, 0.4) is 0 Å². The molecule has 1 aromatic heterocycles. The summed E-state index contributed by atoms with van der Waals surface area (Å²) in [5, 5.41) is 1.10. The molecule has 3 nitrogen and oxygen atoms in total. The van der Waals surface area contributed by atoms with E-state index < -0.39 is 0 Å². The molecule has 0 bridgehead atoms. The van der Waals surface area contributed by atoms with Gasteiger partial charge in [-0.2, -0.15) is 0 Å². The van der Waals surface area contributed by atoms with Gasteiger partial charge >= 0.3 is 0 Å². The molecule has 1 heterocycles. The SMILES string of the molecule is Cc1cc(C)c2[nH]cc(CC(N)=O)c2c1. The number of aromatic nitrogens is 1. The normalized spacial score (nSPS) is 10.8. The number of fused-ring (bicyclic) bond motifs is 1. The highest BCUT2D eigenvalue weighted by Crippen LogP contribution is 2.23. The Kier molecular flexibility index (Phi) is 2.23. The van der Waals surface area contributed by atoms with Crippen molar-refractivity contribution >= 4 is 16.8 Å². The first kappa shape index (κ1) is 9.77. The van der Waals surface area contributed by atoms with Crippen molar-refractivity contribution in [2.24, 2.45) is 5.73 Å². The van der Waals surface area contributed by atoms with E-state index >= 15 is 0 Å². The molecular weight excluding hydrogens is 188 g/mol. The number of amides is 1. The fraction of sp³-hybridized carbons (Fsp3) is 0.250. The van der Waals surface area contributed by atoms with Crippen LogP contribution in [0.4, 0.5) is 0 Å². The number of H-pyrrole nitrogens is 1. The van der Waals surface area contributed by atoms with Crippen molar-refractivity contribution in [3.8, 4) is 0 Å². The summed E-state index contributed by atoms with van der Waals surface area (Å²) in [5.41, 5.74) is 9.66. The molecule has 0 unspecified atom stereocenters. The van der Waals surface area contributed by atoms with Crippen LogP contribution in [0.1, 0.15) is 16.7 Å². The lowest BCUT2D eigenvalue weighted by Crippen LogP contribution is -2.13. The van der Waals surface area contributed by atoms with E-state index in [2.05, 4.69) is 24.0 Å². The van der Waals surface area contributed by atoms with Crippen LogP contribution in [-0.4, -0.2) is 10.9 Å².